The first-order valence-electron chi connectivity index (χ1n) is 7.09. The van der Waals surface area contributed by atoms with Crippen LogP contribution in [0.4, 0.5) is 0 Å². The van der Waals surface area contributed by atoms with Crippen molar-refractivity contribution < 1.29 is 4.79 Å². The summed E-state index contributed by atoms with van der Waals surface area (Å²) in [6, 6.07) is 6.36. The van der Waals surface area contributed by atoms with E-state index >= 15 is 0 Å². The van der Waals surface area contributed by atoms with Gasteiger partial charge in [-0.2, -0.15) is 0 Å². The van der Waals surface area contributed by atoms with Crippen LogP contribution in [0.15, 0.2) is 22.7 Å². The SMILES string of the molecule is CCCN(CC1CCCN1)C(=O)c1cc(I)ccc1Br. The van der Waals surface area contributed by atoms with Crippen LogP contribution < -0.4 is 5.32 Å². The fourth-order valence-electron chi connectivity index (χ4n) is 2.56. The Morgan fingerprint density at radius 3 is 3.00 bits per heavy atom. The van der Waals surface area contributed by atoms with Crippen molar-refractivity contribution in [2.75, 3.05) is 19.6 Å². The van der Waals surface area contributed by atoms with Crippen LogP contribution in [0.5, 0.6) is 0 Å². The van der Waals surface area contributed by atoms with Crippen LogP contribution in [0.2, 0.25) is 0 Å². The molecule has 1 aliphatic heterocycles. The molecule has 0 aromatic heterocycles. The molecule has 0 radical (unpaired) electrons. The molecule has 1 saturated heterocycles. The zero-order valence-corrected chi connectivity index (χ0v) is 15.4. The van der Waals surface area contributed by atoms with Crippen LogP contribution in [-0.4, -0.2) is 36.5 Å². The van der Waals surface area contributed by atoms with E-state index in [1.54, 1.807) is 0 Å². The summed E-state index contributed by atoms with van der Waals surface area (Å²) < 4.78 is 1.97. The molecule has 1 aromatic rings. The van der Waals surface area contributed by atoms with Gasteiger partial charge in [0.2, 0.25) is 0 Å². The first-order valence-corrected chi connectivity index (χ1v) is 8.96. The molecular formula is C15H20BrIN2O. The van der Waals surface area contributed by atoms with Crippen LogP contribution in [0.25, 0.3) is 0 Å². The van der Waals surface area contributed by atoms with Crippen molar-refractivity contribution in [3.8, 4) is 0 Å². The highest BCUT2D eigenvalue weighted by atomic mass is 127. The number of carbonyl (C=O) groups excluding carboxylic acids is 1. The second kappa shape index (κ2) is 7.75. The average molecular weight is 451 g/mol. The van der Waals surface area contributed by atoms with Crippen molar-refractivity contribution >= 4 is 44.4 Å². The van der Waals surface area contributed by atoms with Gasteiger partial charge in [-0.3, -0.25) is 4.79 Å². The first-order chi connectivity index (χ1) is 9.61. The second-order valence-electron chi connectivity index (χ2n) is 5.17. The molecule has 0 spiro atoms. The minimum absolute atomic E-state index is 0.131. The molecule has 1 amide bonds. The fourth-order valence-corrected chi connectivity index (χ4v) is 3.46. The molecule has 0 saturated carbocycles. The molecule has 110 valence electrons. The number of rotatable bonds is 5. The lowest BCUT2D eigenvalue weighted by Gasteiger charge is -2.26. The van der Waals surface area contributed by atoms with Gasteiger partial charge in [0.1, 0.15) is 0 Å². The van der Waals surface area contributed by atoms with Crippen molar-refractivity contribution in [1.29, 1.82) is 0 Å². The van der Waals surface area contributed by atoms with Crippen LogP contribution in [0, 0.1) is 3.57 Å². The van der Waals surface area contributed by atoms with Crippen molar-refractivity contribution in [1.82, 2.24) is 10.2 Å². The fraction of sp³-hybridized carbons (Fsp3) is 0.533. The summed E-state index contributed by atoms with van der Waals surface area (Å²) in [5.41, 5.74) is 0.767. The number of hydrogen-bond donors (Lipinski definition) is 1. The summed E-state index contributed by atoms with van der Waals surface area (Å²) in [5.74, 6) is 0.131. The quantitative estimate of drug-likeness (QED) is 0.694. The van der Waals surface area contributed by atoms with Crippen LogP contribution in [-0.2, 0) is 0 Å². The van der Waals surface area contributed by atoms with Gasteiger partial charge in [0.15, 0.2) is 0 Å². The molecule has 1 heterocycles. The van der Waals surface area contributed by atoms with E-state index < -0.39 is 0 Å². The number of nitrogens with zero attached hydrogens (tertiary/aromatic N) is 1. The molecule has 1 aromatic carbocycles. The third-order valence-electron chi connectivity index (χ3n) is 3.54. The van der Waals surface area contributed by atoms with E-state index in [0.717, 1.165) is 39.7 Å². The van der Waals surface area contributed by atoms with Crippen LogP contribution >= 0.6 is 38.5 Å². The van der Waals surface area contributed by atoms with E-state index in [2.05, 4.69) is 50.8 Å². The molecular weight excluding hydrogens is 431 g/mol. The highest BCUT2D eigenvalue weighted by molar-refractivity contribution is 14.1. The topological polar surface area (TPSA) is 32.3 Å². The Kier molecular flexibility index (Phi) is 6.29. The Morgan fingerprint density at radius 1 is 1.55 bits per heavy atom. The van der Waals surface area contributed by atoms with Crippen molar-refractivity contribution in [3.05, 3.63) is 31.8 Å². The lowest BCUT2D eigenvalue weighted by molar-refractivity contribution is 0.0741. The third-order valence-corrected chi connectivity index (χ3v) is 4.91. The molecule has 0 bridgehead atoms. The molecule has 1 atom stereocenters. The maximum Gasteiger partial charge on any atom is 0.255 e. The number of halogens is 2. The van der Waals surface area contributed by atoms with Gasteiger partial charge in [-0.05, 0) is 82.5 Å². The van der Waals surface area contributed by atoms with Gasteiger partial charge in [-0.25, -0.2) is 0 Å². The average Bonchev–Trinajstić information content (AvgIpc) is 2.93. The van der Waals surface area contributed by atoms with Crippen molar-refractivity contribution in [2.45, 2.75) is 32.2 Å². The molecule has 2 rings (SSSR count). The van der Waals surface area contributed by atoms with Gasteiger partial charge in [0.25, 0.3) is 5.91 Å². The summed E-state index contributed by atoms with van der Waals surface area (Å²) in [7, 11) is 0. The van der Waals surface area contributed by atoms with Crippen molar-refractivity contribution in [2.24, 2.45) is 0 Å². The third kappa shape index (κ3) is 4.18. The standard InChI is InChI=1S/C15H20BrIN2O/c1-2-8-19(10-12-4-3-7-18-12)15(20)13-9-11(17)5-6-14(13)16/h5-6,9,12,18H,2-4,7-8,10H2,1H3. The number of hydrogen-bond acceptors (Lipinski definition) is 2. The number of benzene rings is 1. The Labute approximate surface area is 142 Å². The summed E-state index contributed by atoms with van der Waals surface area (Å²) in [5, 5.41) is 3.47. The van der Waals surface area contributed by atoms with E-state index in [9.17, 15) is 4.79 Å². The number of amides is 1. The van der Waals surface area contributed by atoms with Crippen molar-refractivity contribution in [3.63, 3.8) is 0 Å². The molecule has 0 aliphatic carbocycles. The molecule has 5 heteroatoms. The zero-order chi connectivity index (χ0) is 14.5. The van der Waals surface area contributed by atoms with Crippen LogP contribution in [0.3, 0.4) is 0 Å². The predicted octanol–water partition coefficient (Wildman–Crippen LogP) is 3.66. The maximum atomic E-state index is 12.8. The van der Waals surface area contributed by atoms with E-state index in [1.807, 2.05) is 23.1 Å². The Balaban J connectivity index is 2.14. The first kappa shape index (κ1) is 16.2. The van der Waals surface area contributed by atoms with E-state index in [1.165, 1.54) is 12.8 Å². The summed E-state index contributed by atoms with van der Waals surface area (Å²) in [6.07, 6.45) is 3.37. The monoisotopic (exact) mass is 450 g/mol. The molecule has 1 N–H and O–H groups in total. The number of nitrogens with one attached hydrogen (secondary N) is 1. The minimum Gasteiger partial charge on any atom is -0.337 e. The maximum absolute atomic E-state index is 12.8. The summed E-state index contributed by atoms with van der Waals surface area (Å²) >= 11 is 5.74. The van der Waals surface area contributed by atoms with Gasteiger partial charge >= 0.3 is 0 Å². The zero-order valence-electron chi connectivity index (χ0n) is 11.7. The summed E-state index contributed by atoms with van der Waals surface area (Å²) in [6.45, 7) is 4.82. The largest absolute Gasteiger partial charge is 0.337 e. The van der Waals surface area contributed by atoms with Gasteiger partial charge in [-0.1, -0.05) is 6.92 Å². The molecule has 1 unspecified atom stereocenters. The molecule has 20 heavy (non-hydrogen) atoms. The smallest absolute Gasteiger partial charge is 0.255 e. The van der Waals surface area contributed by atoms with E-state index in [4.69, 9.17) is 0 Å². The predicted molar refractivity (Wildman–Crippen MR) is 94.1 cm³/mol. The van der Waals surface area contributed by atoms with Gasteiger partial charge in [0, 0.05) is 27.2 Å². The molecule has 1 fully saturated rings. The Hall–Kier alpha value is -0.140. The number of carbonyl (C=O) groups is 1. The van der Waals surface area contributed by atoms with Gasteiger partial charge in [-0.15, -0.1) is 0 Å². The van der Waals surface area contributed by atoms with Gasteiger partial charge in [0.05, 0.1) is 5.56 Å². The second-order valence-corrected chi connectivity index (χ2v) is 7.27. The lowest BCUT2D eigenvalue weighted by atomic mass is 10.1. The summed E-state index contributed by atoms with van der Waals surface area (Å²) in [4.78, 5) is 14.7. The highest BCUT2D eigenvalue weighted by Crippen LogP contribution is 2.22. The van der Waals surface area contributed by atoms with Gasteiger partial charge < -0.3 is 10.2 Å². The van der Waals surface area contributed by atoms with Crippen LogP contribution in [0.1, 0.15) is 36.5 Å². The minimum atomic E-state index is 0.131. The van der Waals surface area contributed by atoms with E-state index in [-0.39, 0.29) is 5.91 Å². The van der Waals surface area contributed by atoms with E-state index in [0.29, 0.717) is 6.04 Å². The highest BCUT2D eigenvalue weighted by Gasteiger charge is 2.23. The normalized spacial score (nSPS) is 18.2. The molecule has 1 aliphatic rings. The Morgan fingerprint density at radius 2 is 2.35 bits per heavy atom. The molecule has 3 nitrogen and oxygen atoms in total. The lowest BCUT2D eigenvalue weighted by Crippen LogP contribution is -2.41. The Bertz CT molecular complexity index is 475.